The molecule has 0 N–H and O–H groups in total. The predicted molar refractivity (Wildman–Crippen MR) is 44.3 cm³/mol. The summed E-state index contributed by atoms with van der Waals surface area (Å²) < 4.78 is 0. The van der Waals surface area contributed by atoms with Gasteiger partial charge in [0.2, 0.25) is 0 Å². The Hall–Kier alpha value is -0.540. The molecule has 0 unspecified atom stereocenters. The number of nitrogens with zero attached hydrogens (tertiary/aromatic N) is 1. The minimum absolute atomic E-state index is 0.229. The molecule has 0 spiro atoms. The highest BCUT2D eigenvalue weighted by Crippen LogP contribution is 2.03. The molecule has 1 amide bonds. The van der Waals surface area contributed by atoms with E-state index in [0.29, 0.717) is 17.9 Å². The van der Waals surface area contributed by atoms with Crippen LogP contribution in [0.2, 0.25) is 0 Å². The monoisotopic (exact) mass is 177 g/mol. The molecule has 0 atom stereocenters. The van der Waals surface area contributed by atoms with Crippen LogP contribution >= 0.6 is 11.6 Å². The van der Waals surface area contributed by atoms with Gasteiger partial charge in [0.25, 0.3) is 5.91 Å². The van der Waals surface area contributed by atoms with Gasteiger partial charge in [-0.25, -0.2) is 5.06 Å². The Bertz CT molecular complexity index is 159. The summed E-state index contributed by atoms with van der Waals surface area (Å²) in [4.78, 5) is 15.8. The van der Waals surface area contributed by atoms with Crippen LogP contribution in [0.3, 0.4) is 0 Å². The summed E-state index contributed by atoms with van der Waals surface area (Å²) in [6.07, 6.45) is 0.494. The van der Waals surface area contributed by atoms with Crippen molar-refractivity contribution in [3.63, 3.8) is 0 Å². The Kier molecular flexibility index (Phi) is 4.90. The first-order chi connectivity index (χ1) is 5.13. The number of hydroxylamine groups is 2. The zero-order chi connectivity index (χ0) is 8.85. The molecule has 0 saturated heterocycles. The largest absolute Gasteiger partial charge is 0.274 e. The molecule has 64 valence electrons. The molecule has 0 bridgehead atoms. The third kappa shape index (κ3) is 3.39. The fraction of sp³-hybridized carbons (Fsp3) is 0.571. The lowest BCUT2D eigenvalue weighted by molar-refractivity contribution is -0.164. The predicted octanol–water partition coefficient (Wildman–Crippen LogP) is 1.19. The van der Waals surface area contributed by atoms with Gasteiger partial charge in [-0.2, -0.15) is 0 Å². The van der Waals surface area contributed by atoms with Crippen LogP contribution in [0.25, 0.3) is 0 Å². The zero-order valence-electron chi connectivity index (χ0n) is 6.76. The quantitative estimate of drug-likeness (QED) is 0.367. The molecule has 0 aromatic carbocycles. The van der Waals surface area contributed by atoms with Crippen molar-refractivity contribution in [2.75, 3.05) is 20.0 Å². The van der Waals surface area contributed by atoms with Crippen LogP contribution in [-0.2, 0) is 9.63 Å². The second kappa shape index (κ2) is 5.16. The molecule has 0 aliphatic heterocycles. The molecule has 0 heterocycles. The molecule has 0 fully saturated rings. The Morgan fingerprint density at radius 1 is 1.73 bits per heavy atom. The second-order valence-electron chi connectivity index (χ2n) is 2.03. The summed E-state index contributed by atoms with van der Waals surface area (Å²) in [7, 11) is 2.95. The number of rotatable bonds is 4. The zero-order valence-corrected chi connectivity index (χ0v) is 7.52. The van der Waals surface area contributed by atoms with Crippen LogP contribution < -0.4 is 0 Å². The van der Waals surface area contributed by atoms with Crippen LogP contribution in [0.1, 0.15) is 6.42 Å². The van der Waals surface area contributed by atoms with Gasteiger partial charge in [0.05, 0.1) is 7.11 Å². The van der Waals surface area contributed by atoms with Crippen molar-refractivity contribution < 1.29 is 9.63 Å². The topological polar surface area (TPSA) is 29.5 Å². The van der Waals surface area contributed by atoms with E-state index in [0.717, 1.165) is 5.06 Å². The molecule has 0 saturated carbocycles. The molecule has 11 heavy (non-hydrogen) atoms. The first-order valence-corrected chi connectivity index (χ1v) is 3.72. The third-order valence-electron chi connectivity index (χ3n) is 1.26. The molecule has 0 aromatic heterocycles. The van der Waals surface area contributed by atoms with Gasteiger partial charge in [0, 0.05) is 18.5 Å². The van der Waals surface area contributed by atoms with Crippen molar-refractivity contribution in [3.05, 3.63) is 12.2 Å². The molecule has 0 aromatic rings. The maximum absolute atomic E-state index is 11.1. The van der Waals surface area contributed by atoms with E-state index in [1.54, 1.807) is 0 Å². The number of hydrogen-bond donors (Lipinski definition) is 0. The van der Waals surface area contributed by atoms with Crippen LogP contribution in [0.5, 0.6) is 0 Å². The highest BCUT2D eigenvalue weighted by molar-refractivity contribution is 6.18. The number of hydrogen-bond acceptors (Lipinski definition) is 2. The molecule has 0 radical (unpaired) electrons. The van der Waals surface area contributed by atoms with Crippen LogP contribution in [0.4, 0.5) is 0 Å². The van der Waals surface area contributed by atoms with Crippen LogP contribution in [-0.4, -0.2) is 31.0 Å². The second-order valence-corrected chi connectivity index (χ2v) is 2.41. The van der Waals surface area contributed by atoms with E-state index in [1.807, 2.05) is 0 Å². The third-order valence-corrected chi connectivity index (χ3v) is 1.45. The van der Waals surface area contributed by atoms with Gasteiger partial charge in [0.15, 0.2) is 0 Å². The van der Waals surface area contributed by atoms with Crippen molar-refractivity contribution in [3.8, 4) is 0 Å². The first-order valence-electron chi connectivity index (χ1n) is 3.19. The van der Waals surface area contributed by atoms with Gasteiger partial charge in [0.1, 0.15) is 0 Å². The van der Waals surface area contributed by atoms with Gasteiger partial charge in [-0.1, -0.05) is 6.58 Å². The molecular formula is C7H12ClNO2. The lowest BCUT2D eigenvalue weighted by atomic mass is 10.2. The summed E-state index contributed by atoms with van der Waals surface area (Å²) in [6.45, 7) is 3.56. The lowest BCUT2D eigenvalue weighted by Crippen LogP contribution is -2.26. The average Bonchev–Trinajstić information content (AvgIpc) is 2.02. The van der Waals surface area contributed by atoms with Gasteiger partial charge in [-0.3, -0.25) is 9.63 Å². The van der Waals surface area contributed by atoms with E-state index in [9.17, 15) is 4.79 Å². The van der Waals surface area contributed by atoms with E-state index in [1.165, 1.54) is 14.2 Å². The molecule has 3 nitrogen and oxygen atoms in total. The minimum Gasteiger partial charge on any atom is -0.274 e. The fourth-order valence-electron chi connectivity index (χ4n) is 0.527. The summed E-state index contributed by atoms with van der Waals surface area (Å²) in [5.41, 5.74) is 0.462. The van der Waals surface area contributed by atoms with E-state index in [-0.39, 0.29) is 5.91 Å². The Balaban J connectivity index is 3.92. The fourth-order valence-corrected chi connectivity index (χ4v) is 0.755. The van der Waals surface area contributed by atoms with E-state index < -0.39 is 0 Å². The number of halogens is 1. The van der Waals surface area contributed by atoms with E-state index >= 15 is 0 Å². The SMILES string of the molecule is C=C(CCCl)C(=O)N(C)OC. The number of amides is 1. The molecule has 0 rings (SSSR count). The van der Waals surface area contributed by atoms with Crippen molar-refractivity contribution in [2.45, 2.75) is 6.42 Å². The number of carbonyl (C=O) groups excluding carboxylic acids is 1. The Morgan fingerprint density at radius 3 is 2.64 bits per heavy atom. The lowest BCUT2D eigenvalue weighted by Gasteiger charge is -2.14. The van der Waals surface area contributed by atoms with Gasteiger partial charge >= 0.3 is 0 Å². The van der Waals surface area contributed by atoms with Gasteiger partial charge < -0.3 is 0 Å². The van der Waals surface area contributed by atoms with Gasteiger partial charge in [-0.15, -0.1) is 11.6 Å². The Morgan fingerprint density at radius 2 is 2.27 bits per heavy atom. The smallest absolute Gasteiger partial charge is 0.272 e. The highest BCUT2D eigenvalue weighted by Gasteiger charge is 2.10. The number of alkyl halides is 1. The summed E-state index contributed by atoms with van der Waals surface area (Å²) in [5, 5.41) is 1.12. The first kappa shape index (κ1) is 10.5. The molecule has 0 aliphatic rings. The van der Waals surface area contributed by atoms with Crippen molar-refractivity contribution in [2.24, 2.45) is 0 Å². The normalized spacial score (nSPS) is 9.36. The van der Waals surface area contributed by atoms with Crippen LogP contribution in [0, 0.1) is 0 Å². The summed E-state index contributed by atoms with van der Waals surface area (Å²) >= 11 is 5.42. The minimum atomic E-state index is -0.229. The van der Waals surface area contributed by atoms with E-state index in [2.05, 4.69) is 11.4 Å². The molecular weight excluding hydrogens is 166 g/mol. The summed E-state index contributed by atoms with van der Waals surface area (Å²) in [5.74, 6) is 0.176. The highest BCUT2D eigenvalue weighted by atomic mass is 35.5. The molecule has 4 heteroatoms. The average molecular weight is 178 g/mol. The van der Waals surface area contributed by atoms with Crippen molar-refractivity contribution in [1.82, 2.24) is 5.06 Å². The number of carbonyl (C=O) groups is 1. The standard InChI is InChI=1S/C7H12ClNO2/c1-6(4-5-8)7(10)9(2)11-3/h1,4-5H2,2-3H3. The van der Waals surface area contributed by atoms with Crippen LogP contribution in [0.15, 0.2) is 12.2 Å². The summed E-state index contributed by atoms with van der Waals surface area (Å²) in [6, 6.07) is 0. The number of likely N-dealkylation sites (N-methyl/N-ethyl adjacent to an activating group) is 1. The van der Waals surface area contributed by atoms with E-state index in [4.69, 9.17) is 11.6 Å². The van der Waals surface area contributed by atoms with Crippen molar-refractivity contribution in [1.29, 1.82) is 0 Å². The molecule has 0 aliphatic carbocycles. The van der Waals surface area contributed by atoms with Gasteiger partial charge in [-0.05, 0) is 6.42 Å². The maximum Gasteiger partial charge on any atom is 0.272 e. The van der Waals surface area contributed by atoms with Crippen molar-refractivity contribution >= 4 is 17.5 Å². The maximum atomic E-state index is 11.1. The Labute approximate surface area is 71.5 Å².